The topological polar surface area (TPSA) is 41.1 Å². The molecule has 1 amide bonds. The predicted octanol–water partition coefficient (Wildman–Crippen LogP) is 3.42. The van der Waals surface area contributed by atoms with Gasteiger partial charge in [0.1, 0.15) is 6.04 Å². The lowest BCUT2D eigenvalue weighted by Crippen LogP contribution is -2.47. The van der Waals surface area contributed by atoms with Gasteiger partial charge >= 0.3 is 0 Å². The van der Waals surface area contributed by atoms with Crippen LogP contribution in [0.15, 0.2) is 30.3 Å². The molecular formula is C19H28N2O. The van der Waals surface area contributed by atoms with Crippen LogP contribution in [-0.2, 0) is 4.79 Å². The van der Waals surface area contributed by atoms with E-state index in [0.29, 0.717) is 18.0 Å². The summed E-state index contributed by atoms with van der Waals surface area (Å²) in [6.45, 7) is 4.66. The molecule has 1 aromatic rings. The van der Waals surface area contributed by atoms with E-state index < -0.39 is 0 Å². The van der Waals surface area contributed by atoms with E-state index in [1.54, 1.807) is 0 Å². The highest BCUT2D eigenvalue weighted by Crippen LogP contribution is 2.31. The van der Waals surface area contributed by atoms with E-state index in [1.165, 1.54) is 19.3 Å². The van der Waals surface area contributed by atoms with Crippen molar-refractivity contribution in [2.75, 3.05) is 0 Å². The first-order valence-electron chi connectivity index (χ1n) is 8.76. The van der Waals surface area contributed by atoms with Crippen LogP contribution in [0.1, 0.15) is 57.6 Å². The monoisotopic (exact) mass is 300 g/mol. The van der Waals surface area contributed by atoms with Crippen molar-refractivity contribution < 1.29 is 4.79 Å². The van der Waals surface area contributed by atoms with Gasteiger partial charge in [-0.25, -0.2) is 0 Å². The molecule has 1 aromatic carbocycles. The maximum absolute atomic E-state index is 12.7. The van der Waals surface area contributed by atoms with Gasteiger partial charge in [-0.15, -0.1) is 0 Å². The van der Waals surface area contributed by atoms with Gasteiger partial charge in [-0.05, 0) is 36.7 Å². The van der Waals surface area contributed by atoms with Crippen LogP contribution in [-0.4, -0.2) is 18.0 Å². The van der Waals surface area contributed by atoms with E-state index in [4.69, 9.17) is 0 Å². The number of benzene rings is 1. The Labute approximate surface area is 133 Å². The average Bonchev–Trinajstić information content (AvgIpc) is 3.33. The van der Waals surface area contributed by atoms with Gasteiger partial charge < -0.3 is 5.32 Å². The Kier molecular flexibility index (Phi) is 4.82. The molecule has 2 N–H and O–H groups in total. The molecule has 0 spiro atoms. The third kappa shape index (κ3) is 3.70. The molecule has 0 bridgehead atoms. The number of hydrogen-bond donors (Lipinski definition) is 2. The molecule has 0 unspecified atom stereocenters. The fourth-order valence-electron chi connectivity index (χ4n) is 3.51. The number of hydrogen-bond acceptors (Lipinski definition) is 2. The Balaban J connectivity index is 1.74. The SMILES string of the molecule is C[C@@H]1[C@H](C)CCC[C@@H]1N[C@H](C(=O)NC1CC1)c1ccccc1. The molecule has 2 aliphatic rings. The molecule has 22 heavy (non-hydrogen) atoms. The summed E-state index contributed by atoms with van der Waals surface area (Å²) in [7, 11) is 0. The van der Waals surface area contributed by atoms with Crippen molar-refractivity contribution >= 4 is 5.91 Å². The fourth-order valence-corrected chi connectivity index (χ4v) is 3.51. The van der Waals surface area contributed by atoms with Gasteiger partial charge in [0, 0.05) is 12.1 Å². The minimum Gasteiger partial charge on any atom is -0.352 e. The van der Waals surface area contributed by atoms with Crippen LogP contribution in [0.2, 0.25) is 0 Å². The molecule has 120 valence electrons. The second-order valence-electron chi connectivity index (χ2n) is 7.17. The number of carbonyl (C=O) groups excluding carboxylic acids is 1. The third-order valence-electron chi connectivity index (χ3n) is 5.41. The molecule has 0 radical (unpaired) electrons. The highest BCUT2D eigenvalue weighted by atomic mass is 16.2. The van der Waals surface area contributed by atoms with E-state index >= 15 is 0 Å². The fraction of sp³-hybridized carbons (Fsp3) is 0.632. The summed E-state index contributed by atoms with van der Waals surface area (Å²) >= 11 is 0. The molecule has 3 rings (SSSR count). The molecule has 0 saturated heterocycles. The van der Waals surface area contributed by atoms with Gasteiger partial charge in [-0.3, -0.25) is 10.1 Å². The van der Waals surface area contributed by atoms with Crippen molar-refractivity contribution in [3.63, 3.8) is 0 Å². The van der Waals surface area contributed by atoms with Crippen LogP contribution >= 0.6 is 0 Å². The normalized spacial score (nSPS) is 29.8. The van der Waals surface area contributed by atoms with E-state index in [-0.39, 0.29) is 11.9 Å². The molecule has 3 nitrogen and oxygen atoms in total. The lowest BCUT2D eigenvalue weighted by Gasteiger charge is -2.37. The number of carbonyl (C=O) groups is 1. The molecule has 4 atom stereocenters. The molecule has 2 saturated carbocycles. The lowest BCUT2D eigenvalue weighted by atomic mass is 9.77. The second-order valence-corrected chi connectivity index (χ2v) is 7.17. The minimum absolute atomic E-state index is 0.138. The quantitative estimate of drug-likeness (QED) is 0.875. The largest absolute Gasteiger partial charge is 0.352 e. The zero-order valence-corrected chi connectivity index (χ0v) is 13.7. The Morgan fingerprint density at radius 1 is 1.09 bits per heavy atom. The van der Waals surface area contributed by atoms with Crippen molar-refractivity contribution in [2.45, 2.75) is 64.1 Å². The predicted molar refractivity (Wildman–Crippen MR) is 89.5 cm³/mol. The Morgan fingerprint density at radius 3 is 2.50 bits per heavy atom. The van der Waals surface area contributed by atoms with E-state index in [0.717, 1.165) is 24.3 Å². The van der Waals surface area contributed by atoms with Gasteiger partial charge in [0.25, 0.3) is 0 Å². The van der Waals surface area contributed by atoms with Crippen molar-refractivity contribution in [2.24, 2.45) is 11.8 Å². The second kappa shape index (κ2) is 6.82. The summed E-state index contributed by atoms with van der Waals surface area (Å²) in [5.74, 6) is 1.49. The van der Waals surface area contributed by atoms with Gasteiger partial charge in [0.2, 0.25) is 5.91 Å². The van der Waals surface area contributed by atoms with Crippen molar-refractivity contribution in [3.8, 4) is 0 Å². The lowest BCUT2D eigenvalue weighted by molar-refractivity contribution is -0.123. The molecule has 2 fully saturated rings. The van der Waals surface area contributed by atoms with Crippen molar-refractivity contribution in [1.82, 2.24) is 10.6 Å². The average molecular weight is 300 g/mol. The maximum Gasteiger partial charge on any atom is 0.241 e. The first-order valence-corrected chi connectivity index (χ1v) is 8.76. The van der Waals surface area contributed by atoms with Gasteiger partial charge in [0.15, 0.2) is 0 Å². The minimum atomic E-state index is -0.223. The van der Waals surface area contributed by atoms with E-state index in [2.05, 4.69) is 36.6 Å². The number of rotatable bonds is 5. The summed E-state index contributed by atoms with van der Waals surface area (Å²) in [6.07, 6.45) is 6.00. The summed E-state index contributed by atoms with van der Waals surface area (Å²) in [5.41, 5.74) is 1.08. The van der Waals surface area contributed by atoms with Gasteiger partial charge in [0.05, 0.1) is 0 Å². The smallest absolute Gasteiger partial charge is 0.241 e. The number of amides is 1. The first kappa shape index (κ1) is 15.5. The molecule has 0 heterocycles. The Bertz CT molecular complexity index is 497. The molecule has 2 aliphatic carbocycles. The molecule has 0 aromatic heterocycles. The Hall–Kier alpha value is -1.35. The van der Waals surface area contributed by atoms with Crippen LogP contribution in [0.25, 0.3) is 0 Å². The van der Waals surface area contributed by atoms with Crippen LogP contribution in [0, 0.1) is 11.8 Å². The summed E-state index contributed by atoms with van der Waals surface area (Å²) in [6, 6.07) is 10.8. The summed E-state index contributed by atoms with van der Waals surface area (Å²) in [5, 5.41) is 6.84. The highest BCUT2D eigenvalue weighted by Gasteiger charge is 2.33. The van der Waals surface area contributed by atoms with Gasteiger partial charge in [-0.2, -0.15) is 0 Å². The summed E-state index contributed by atoms with van der Waals surface area (Å²) < 4.78 is 0. The van der Waals surface area contributed by atoms with Crippen LogP contribution in [0.3, 0.4) is 0 Å². The van der Waals surface area contributed by atoms with E-state index in [1.807, 2.05) is 18.2 Å². The summed E-state index contributed by atoms with van der Waals surface area (Å²) in [4.78, 5) is 12.7. The zero-order valence-electron chi connectivity index (χ0n) is 13.7. The molecule has 0 aliphatic heterocycles. The first-order chi connectivity index (χ1) is 10.6. The maximum atomic E-state index is 12.7. The van der Waals surface area contributed by atoms with E-state index in [9.17, 15) is 4.79 Å². The highest BCUT2D eigenvalue weighted by molar-refractivity contribution is 5.83. The third-order valence-corrected chi connectivity index (χ3v) is 5.41. The van der Waals surface area contributed by atoms with Crippen LogP contribution in [0.4, 0.5) is 0 Å². The van der Waals surface area contributed by atoms with Crippen molar-refractivity contribution in [3.05, 3.63) is 35.9 Å². The molecular weight excluding hydrogens is 272 g/mol. The Morgan fingerprint density at radius 2 is 1.82 bits per heavy atom. The van der Waals surface area contributed by atoms with Crippen LogP contribution in [0.5, 0.6) is 0 Å². The number of nitrogens with one attached hydrogen (secondary N) is 2. The zero-order chi connectivity index (χ0) is 15.5. The standard InChI is InChI=1S/C19H28N2O/c1-13-7-6-10-17(14(13)2)21-18(15-8-4-3-5-9-15)19(22)20-16-11-12-16/h3-5,8-9,13-14,16-18,21H,6-7,10-12H2,1-2H3,(H,20,22)/t13-,14-,17+,18+/m1/s1. The molecule has 3 heteroatoms. The van der Waals surface area contributed by atoms with Crippen molar-refractivity contribution in [1.29, 1.82) is 0 Å². The van der Waals surface area contributed by atoms with Crippen LogP contribution < -0.4 is 10.6 Å². The van der Waals surface area contributed by atoms with Gasteiger partial charge in [-0.1, -0.05) is 57.0 Å².